The molecule has 2 atom stereocenters. The highest BCUT2D eigenvalue weighted by Gasteiger charge is 2.35. The Morgan fingerprint density at radius 1 is 0.476 bits per heavy atom. The molecule has 6 rings (SSSR count). The summed E-state index contributed by atoms with van der Waals surface area (Å²) in [6, 6.07) is 42.2. The minimum Gasteiger partial charge on any atom is -0.457 e. The molecule has 42 heavy (non-hydrogen) atoms. The number of para-hydroxylation sites is 2. The van der Waals surface area contributed by atoms with Crippen LogP contribution in [-0.4, -0.2) is 15.8 Å². The Labute approximate surface area is 245 Å². The van der Waals surface area contributed by atoms with Gasteiger partial charge in [-0.15, -0.1) is 0 Å². The van der Waals surface area contributed by atoms with Crippen LogP contribution in [0.15, 0.2) is 158 Å². The Morgan fingerprint density at radius 2 is 0.833 bits per heavy atom. The number of carbonyl (C=O) groups is 1. The third-order valence-electron chi connectivity index (χ3n) is 7.02. The predicted molar refractivity (Wildman–Crippen MR) is 163 cm³/mol. The standard InChI is InChI=1S/C37H28N2O3/c40-37(35(27-13-5-1-6-14-27)31-25-38-23-21-33(31)41-29-17-9-3-10-18-29)36(28-15-7-2-8-16-28)32-26-39-24-22-34(32)42-30-19-11-4-12-20-30/h1-26,35-36H. The van der Waals surface area contributed by atoms with Crippen molar-refractivity contribution >= 4 is 5.78 Å². The zero-order valence-electron chi connectivity index (χ0n) is 22.8. The molecule has 0 amide bonds. The number of Topliss-reactive ketones (excluding diaryl/α,β-unsaturated/α-hetero) is 1. The van der Waals surface area contributed by atoms with E-state index < -0.39 is 11.8 Å². The SMILES string of the molecule is O=C(C(c1ccccc1)c1cnccc1Oc1ccccc1)C(c1ccccc1)c1cnccc1Oc1ccccc1. The predicted octanol–water partition coefficient (Wildman–Crippen LogP) is 8.59. The molecule has 0 aliphatic carbocycles. The van der Waals surface area contributed by atoms with Crippen LogP contribution >= 0.6 is 0 Å². The van der Waals surface area contributed by atoms with Crippen LogP contribution in [0.1, 0.15) is 34.1 Å². The Morgan fingerprint density at radius 3 is 1.21 bits per heavy atom. The average molecular weight is 549 g/mol. The van der Waals surface area contributed by atoms with Gasteiger partial charge >= 0.3 is 0 Å². The number of carbonyl (C=O) groups excluding carboxylic acids is 1. The van der Waals surface area contributed by atoms with E-state index in [2.05, 4.69) is 9.97 Å². The maximum Gasteiger partial charge on any atom is 0.156 e. The van der Waals surface area contributed by atoms with Crippen molar-refractivity contribution < 1.29 is 14.3 Å². The smallest absolute Gasteiger partial charge is 0.156 e. The summed E-state index contributed by atoms with van der Waals surface area (Å²) in [7, 11) is 0. The van der Waals surface area contributed by atoms with E-state index in [0.717, 1.165) is 11.1 Å². The first-order valence-electron chi connectivity index (χ1n) is 13.7. The van der Waals surface area contributed by atoms with Crippen LogP contribution in [0, 0.1) is 0 Å². The molecule has 2 aromatic heterocycles. The minimum absolute atomic E-state index is 0.0516. The van der Waals surface area contributed by atoms with Gasteiger partial charge in [-0.25, -0.2) is 0 Å². The number of hydrogen-bond acceptors (Lipinski definition) is 5. The van der Waals surface area contributed by atoms with E-state index in [1.165, 1.54) is 0 Å². The Kier molecular flexibility index (Phi) is 8.09. The van der Waals surface area contributed by atoms with E-state index in [1.807, 2.05) is 121 Å². The van der Waals surface area contributed by atoms with Gasteiger partial charge in [0, 0.05) is 35.9 Å². The van der Waals surface area contributed by atoms with Crippen molar-refractivity contribution in [2.75, 3.05) is 0 Å². The Hall–Kier alpha value is -5.55. The lowest BCUT2D eigenvalue weighted by atomic mass is 9.77. The fourth-order valence-corrected chi connectivity index (χ4v) is 5.09. The van der Waals surface area contributed by atoms with E-state index in [4.69, 9.17) is 9.47 Å². The summed E-state index contributed by atoms with van der Waals surface area (Å²) >= 11 is 0. The Balaban J connectivity index is 1.50. The molecule has 0 radical (unpaired) electrons. The second kappa shape index (κ2) is 12.7. The van der Waals surface area contributed by atoms with Crippen LogP contribution in [0.3, 0.4) is 0 Å². The van der Waals surface area contributed by atoms with Gasteiger partial charge in [-0.05, 0) is 47.5 Å². The number of hydrogen-bond donors (Lipinski definition) is 0. The molecule has 0 fully saturated rings. The third kappa shape index (κ3) is 5.96. The van der Waals surface area contributed by atoms with Gasteiger partial charge in [0.2, 0.25) is 0 Å². The fraction of sp³-hybridized carbons (Fsp3) is 0.0541. The molecule has 0 aliphatic rings. The number of ketones is 1. The molecule has 0 spiro atoms. The molecule has 4 aromatic carbocycles. The maximum atomic E-state index is 15.1. The van der Waals surface area contributed by atoms with Crippen LogP contribution in [0.5, 0.6) is 23.0 Å². The van der Waals surface area contributed by atoms with E-state index in [0.29, 0.717) is 34.1 Å². The van der Waals surface area contributed by atoms with Gasteiger partial charge in [0.25, 0.3) is 0 Å². The number of benzene rings is 4. The van der Waals surface area contributed by atoms with Crippen LogP contribution in [0.4, 0.5) is 0 Å². The van der Waals surface area contributed by atoms with Gasteiger partial charge in [0.05, 0.1) is 11.8 Å². The van der Waals surface area contributed by atoms with Gasteiger partial charge < -0.3 is 9.47 Å². The van der Waals surface area contributed by atoms with Crippen LogP contribution < -0.4 is 9.47 Å². The lowest BCUT2D eigenvalue weighted by Gasteiger charge is -2.26. The summed E-state index contributed by atoms with van der Waals surface area (Å²) in [6.07, 6.45) is 6.80. The summed E-state index contributed by atoms with van der Waals surface area (Å²) in [5, 5.41) is 0. The molecular weight excluding hydrogens is 520 g/mol. The third-order valence-corrected chi connectivity index (χ3v) is 7.02. The molecular formula is C37H28N2O3. The second-order valence-corrected chi connectivity index (χ2v) is 9.75. The van der Waals surface area contributed by atoms with Gasteiger partial charge in [0.15, 0.2) is 5.78 Å². The molecule has 0 bridgehead atoms. The monoisotopic (exact) mass is 548 g/mol. The summed E-state index contributed by atoms with van der Waals surface area (Å²) in [4.78, 5) is 23.9. The van der Waals surface area contributed by atoms with Crippen molar-refractivity contribution in [2.24, 2.45) is 0 Å². The van der Waals surface area contributed by atoms with Crippen molar-refractivity contribution in [1.82, 2.24) is 9.97 Å². The van der Waals surface area contributed by atoms with Gasteiger partial charge in [-0.3, -0.25) is 14.8 Å². The summed E-state index contributed by atoms with van der Waals surface area (Å²) in [6.45, 7) is 0. The number of nitrogens with zero attached hydrogens (tertiary/aromatic N) is 2. The van der Waals surface area contributed by atoms with E-state index >= 15 is 4.79 Å². The Bertz CT molecular complexity index is 1610. The summed E-state index contributed by atoms with van der Waals surface area (Å²) < 4.78 is 12.7. The first kappa shape index (κ1) is 26.7. The molecule has 2 heterocycles. The van der Waals surface area contributed by atoms with Gasteiger partial charge in [0.1, 0.15) is 23.0 Å². The van der Waals surface area contributed by atoms with Crippen molar-refractivity contribution in [1.29, 1.82) is 0 Å². The molecule has 0 aliphatic heterocycles. The number of pyridine rings is 2. The topological polar surface area (TPSA) is 61.3 Å². The van der Waals surface area contributed by atoms with Crippen LogP contribution in [0.25, 0.3) is 0 Å². The number of ether oxygens (including phenoxy) is 2. The van der Waals surface area contributed by atoms with Gasteiger partial charge in [-0.1, -0.05) is 97.1 Å². The number of rotatable bonds is 10. The van der Waals surface area contributed by atoms with E-state index in [1.54, 1.807) is 36.9 Å². The highest BCUT2D eigenvalue weighted by Crippen LogP contribution is 2.42. The van der Waals surface area contributed by atoms with Crippen molar-refractivity contribution in [3.05, 3.63) is 181 Å². The molecule has 5 nitrogen and oxygen atoms in total. The molecule has 0 saturated carbocycles. The largest absolute Gasteiger partial charge is 0.457 e. The van der Waals surface area contributed by atoms with Crippen molar-refractivity contribution in [2.45, 2.75) is 11.8 Å². The fourth-order valence-electron chi connectivity index (χ4n) is 5.09. The molecule has 6 aromatic rings. The van der Waals surface area contributed by atoms with Crippen molar-refractivity contribution in [3.63, 3.8) is 0 Å². The average Bonchev–Trinajstić information content (AvgIpc) is 3.05. The van der Waals surface area contributed by atoms with E-state index in [-0.39, 0.29) is 5.78 Å². The lowest BCUT2D eigenvalue weighted by molar-refractivity contribution is -0.120. The highest BCUT2D eigenvalue weighted by molar-refractivity contribution is 5.97. The second-order valence-electron chi connectivity index (χ2n) is 9.75. The maximum absolute atomic E-state index is 15.1. The zero-order valence-corrected chi connectivity index (χ0v) is 22.8. The molecule has 204 valence electrons. The number of aromatic nitrogens is 2. The van der Waals surface area contributed by atoms with Crippen molar-refractivity contribution in [3.8, 4) is 23.0 Å². The molecule has 0 N–H and O–H groups in total. The van der Waals surface area contributed by atoms with Gasteiger partial charge in [-0.2, -0.15) is 0 Å². The molecule has 0 saturated heterocycles. The quantitative estimate of drug-likeness (QED) is 0.172. The van der Waals surface area contributed by atoms with E-state index in [9.17, 15) is 0 Å². The molecule has 5 heteroatoms. The molecule has 2 unspecified atom stereocenters. The lowest BCUT2D eigenvalue weighted by Crippen LogP contribution is -2.24. The van der Waals surface area contributed by atoms with Crippen LogP contribution in [0.2, 0.25) is 0 Å². The first-order chi connectivity index (χ1) is 20.8. The zero-order chi connectivity index (χ0) is 28.6. The first-order valence-corrected chi connectivity index (χ1v) is 13.7. The minimum atomic E-state index is -0.686. The van der Waals surface area contributed by atoms with Crippen LogP contribution in [-0.2, 0) is 4.79 Å². The highest BCUT2D eigenvalue weighted by atomic mass is 16.5. The summed E-state index contributed by atoms with van der Waals surface area (Å²) in [5.41, 5.74) is 3.02. The summed E-state index contributed by atoms with van der Waals surface area (Å²) in [5.74, 6) is 1.06. The normalized spacial score (nSPS) is 12.2.